The number of amides is 1. The highest BCUT2D eigenvalue weighted by Gasteiger charge is 2.24. The fourth-order valence-electron chi connectivity index (χ4n) is 3.09. The Morgan fingerprint density at radius 1 is 1.13 bits per heavy atom. The van der Waals surface area contributed by atoms with Crippen LogP contribution < -0.4 is 16.4 Å². The molecule has 1 amide bonds. The number of rotatable bonds is 10. The summed E-state index contributed by atoms with van der Waals surface area (Å²) in [5.41, 5.74) is 8.96. The minimum atomic E-state index is -0.697. The fraction of sp³-hybridized carbons (Fsp3) is 0.391. The molecule has 4 N–H and O–H groups in total. The van der Waals surface area contributed by atoms with E-state index in [-0.39, 0.29) is 30.3 Å². The van der Waals surface area contributed by atoms with Crippen molar-refractivity contribution in [3.05, 3.63) is 54.1 Å². The summed E-state index contributed by atoms with van der Waals surface area (Å²) in [6.07, 6.45) is 0.500. The maximum absolute atomic E-state index is 13.1. The molecule has 170 valence electrons. The van der Waals surface area contributed by atoms with Crippen LogP contribution in [0.15, 0.2) is 48.5 Å². The number of carbonyl (C=O) groups is 2. The first-order valence-corrected chi connectivity index (χ1v) is 10.7. The molecule has 1 unspecified atom stereocenters. The van der Waals surface area contributed by atoms with Crippen LogP contribution in [0.3, 0.4) is 0 Å². The lowest BCUT2D eigenvalue weighted by atomic mass is 9.97. The second kappa shape index (κ2) is 13.2. The number of benzene rings is 2. The predicted octanol–water partition coefficient (Wildman–Crippen LogP) is 3.76. The summed E-state index contributed by atoms with van der Waals surface area (Å²) in [5.74, 6) is 0.0375. The number of carbonyl (C=O) groups excluding carboxylic acids is 2. The van der Waals surface area contributed by atoms with Crippen molar-refractivity contribution in [3.8, 4) is 11.1 Å². The third kappa shape index (κ3) is 8.09. The number of hydrogen-bond acceptors (Lipinski definition) is 6. The Morgan fingerprint density at radius 2 is 1.81 bits per heavy atom. The molecule has 2 aromatic carbocycles. The summed E-state index contributed by atoms with van der Waals surface area (Å²) in [7, 11) is 1.33. The van der Waals surface area contributed by atoms with Gasteiger partial charge in [-0.05, 0) is 41.7 Å². The average Bonchev–Trinajstić information content (AvgIpc) is 2.76. The summed E-state index contributed by atoms with van der Waals surface area (Å²) in [4.78, 5) is 25.2. The van der Waals surface area contributed by atoms with E-state index >= 15 is 0 Å². The molecule has 2 atom stereocenters. The Bertz CT molecular complexity index is 849. The van der Waals surface area contributed by atoms with E-state index in [2.05, 4.69) is 23.3 Å². The normalized spacial score (nSPS) is 12.5. The lowest BCUT2D eigenvalue weighted by Gasteiger charge is -2.20. The highest BCUT2D eigenvalue weighted by atomic mass is 35.5. The molecule has 0 aliphatic rings. The van der Waals surface area contributed by atoms with E-state index in [9.17, 15) is 9.59 Å². The number of thiol groups is 1. The first-order chi connectivity index (χ1) is 14.3. The third-order valence-electron chi connectivity index (χ3n) is 4.65. The van der Waals surface area contributed by atoms with Gasteiger partial charge in [0, 0.05) is 29.6 Å². The minimum Gasteiger partial charge on any atom is -0.467 e. The zero-order chi connectivity index (χ0) is 22.1. The first-order valence-electron chi connectivity index (χ1n) is 10.0. The van der Waals surface area contributed by atoms with Crippen LogP contribution in [-0.2, 0) is 9.53 Å². The second-order valence-electron chi connectivity index (χ2n) is 7.63. The van der Waals surface area contributed by atoms with E-state index in [1.807, 2.05) is 56.3 Å². The number of nitrogens with one attached hydrogen (secondary N) is 2. The van der Waals surface area contributed by atoms with Crippen molar-refractivity contribution in [1.29, 1.82) is 0 Å². The Morgan fingerprint density at radius 3 is 2.39 bits per heavy atom. The lowest BCUT2D eigenvalue weighted by molar-refractivity contribution is -0.143. The van der Waals surface area contributed by atoms with Gasteiger partial charge in [0.05, 0.1) is 7.11 Å². The SMILES string of the molecule is COC(=O)[C@H](CC(C)C)NC(=O)c1ccc(NCC(N)CS)cc1-c1ccccc1.Cl. The van der Waals surface area contributed by atoms with E-state index in [0.717, 1.165) is 16.8 Å². The van der Waals surface area contributed by atoms with Gasteiger partial charge in [-0.15, -0.1) is 12.4 Å². The molecule has 0 bridgehead atoms. The van der Waals surface area contributed by atoms with Gasteiger partial charge in [0.1, 0.15) is 6.04 Å². The number of ether oxygens (including phenoxy) is 1. The van der Waals surface area contributed by atoms with Crippen molar-refractivity contribution in [2.75, 3.05) is 24.7 Å². The summed E-state index contributed by atoms with van der Waals surface area (Å²) >= 11 is 4.21. The fourth-order valence-corrected chi connectivity index (χ4v) is 3.22. The summed E-state index contributed by atoms with van der Waals surface area (Å²) in [6, 6.07) is 14.4. The van der Waals surface area contributed by atoms with Gasteiger partial charge in [0.25, 0.3) is 5.91 Å². The van der Waals surface area contributed by atoms with Crippen LogP contribution in [-0.4, -0.2) is 43.4 Å². The van der Waals surface area contributed by atoms with Crippen LogP contribution in [0, 0.1) is 5.92 Å². The maximum Gasteiger partial charge on any atom is 0.328 e. The molecular weight excluding hydrogens is 434 g/mol. The number of hydrogen-bond donors (Lipinski definition) is 4. The molecule has 0 fully saturated rings. The van der Waals surface area contributed by atoms with Gasteiger partial charge in [0.15, 0.2) is 0 Å². The second-order valence-corrected chi connectivity index (χ2v) is 7.99. The molecular formula is C23H32ClN3O3S. The number of methoxy groups -OCH3 is 1. The van der Waals surface area contributed by atoms with Crippen LogP contribution in [0.1, 0.15) is 30.6 Å². The number of halogens is 1. The zero-order valence-corrected chi connectivity index (χ0v) is 19.8. The molecule has 2 rings (SSSR count). The van der Waals surface area contributed by atoms with Gasteiger partial charge in [-0.2, -0.15) is 12.6 Å². The molecule has 0 aliphatic heterocycles. The Hall–Kier alpha value is -2.22. The van der Waals surface area contributed by atoms with Crippen LogP contribution in [0.2, 0.25) is 0 Å². The summed E-state index contributed by atoms with van der Waals surface area (Å²) in [6.45, 7) is 4.56. The average molecular weight is 466 g/mol. The van der Waals surface area contributed by atoms with E-state index in [1.54, 1.807) is 6.07 Å². The van der Waals surface area contributed by atoms with Gasteiger partial charge >= 0.3 is 5.97 Å². The molecule has 2 aromatic rings. The topological polar surface area (TPSA) is 93.4 Å². The summed E-state index contributed by atoms with van der Waals surface area (Å²) in [5, 5.41) is 6.13. The maximum atomic E-state index is 13.1. The van der Waals surface area contributed by atoms with Gasteiger partial charge in [-0.3, -0.25) is 4.79 Å². The van der Waals surface area contributed by atoms with Crippen LogP contribution >= 0.6 is 25.0 Å². The molecule has 0 radical (unpaired) electrons. The molecule has 6 nitrogen and oxygen atoms in total. The van der Waals surface area contributed by atoms with Gasteiger partial charge < -0.3 is 21.1 Å². The highest BCUT2D eigenvalue weighted by molar-refractivity contribution is 7.80. The van der Waals surface area contributed by atoms with Gasteiger partial charge in [-0.25, -0.2) is 4.79 Å². The molecule has 0 saturated heterocycles. The number of esters is 1. The molecule has 0 saturated carbocycles. The standard InChI is InChI=1S/C23H31N3O3S.ClH/c1-15(2)11-21(23(28)29-3)26-22(27)19-10-9-18(25-13-17(24)14-30)12-20(19)16-7-5-4-6-8-16;/h4-10,12,15,17,21,25,30H,11,13-14,24H2,1-3H3,(H,26,27);1H/t17?,21-;/m0./s1. The Kier molecular flexibility index (Phi) is 11.5. The van der Waals surface area contributed by atoms with E-state index in [4.69, 9.17) is 10.5 Å². The molecule has 0 spiro atoms. The van der Waals surface area contributed by atoms with Crippen molar-refractivity contribution in [3.63, 3.8) is 0 Å². The molecule has 0 aliphatic carbocycles. The Labute approximate surface area is 196 Å². The lowest BCUT2D eigenvalue weighted by Crippen LogP contribution is -2.42. The van der Waals surface area contributed by atoms with Crippen molar-refractivity contribution in [2.24, 2.45) is 11.7 Å². The molecule has 0 heterocycles. The molecule has 0 aromatic heterocycles. The van der Waals surface area contributed by atoms with Crippen molar-refractivity contribution >= 4 is 42.6 Å². The zero-order valence-electron chi connectivity index (χ0n) is 18.1. The number of anilines is 1. The third-order valence-corrected chi connectivity index (χ3v) is 5.12. The smallest absolute Gasteiger partial charge is 0.328 e. The summed E-state index contributed by atoms with van der Waals surface area (Å²) < 4.78 is 4.87. The Balaban J connectivity index is 0.00000480. The van der Waals surface area contributed by atoms with E-state index < -0.39 is 12.0 Å². The molecule has 31 heavy (non-hydrogen) atoms. The monoisotopic (exact) mass is 465 g/mol. The minimum absolute atomic E-state index is 0. The van der Waals surface area contributed by atoms with Crippen molar-refractivity contribution < 1.29 is 14.3 Å². The van der Waals surface area contributed by atoms with Gasteiger partial charge in [-0.1, -0.05) is 44.2 Å². The van der Waals surface area contributed by atoms with Crippen LogP contribution in [0.5, 0.6) is 0 Å². The largest absolute Gasteiger partial charge is 0.467 e. The van der Waals surface area contributed by atoms with Crippen molar-refractivity contribution in [1.82, 2.24) is 5.32 Å². The van der Waals surface area contributed by atoms with E-state index in [0.29, 0.717) is 24.3 Å². The predicted molar refractivity (Wildman–Crippen MR) is 132 cm³/mol. The first kappa shape index (κ1) is 26.8. The van der Waals surface area contributed by atoms with Gasteiger partial charge in [0.2, 0.25) is 0 Å². The highest BCUT2D eigenvalue weighted by Crippen LogP contribution is 2.27. The van der Waals surface area contributed by atoms with Crippen molar-refractivity contribution in [2.45, 2.75) is 32.4 Å². The van der Waals surface area contributed by atoms with Crippen LogP contribution in [0.25, 0.3) is 11.1 Å². The van der Waals surface area contributed by atoms with Crippen LogP contribution in [0.4, 0.5) is 5.69 Å². The number of nitrogens with two attached hydrogens (primary N) is 1. The quantitative estimate of drug-likeness (QED) is 0.316. The molecule has 8 heteroatoms. The van der Waals surface area contributed by atoms with E-state index in [1.165, 1.54) is 7.11 Å².